The van der Waals surface area contributed by atoms with E-state index in [2.05, 4.69) is 21.6 Å². The Hall–Kier alpha value is -2.15. The van der Waals surface area contributed by atoms with Crippen LogP contribution in [-0.4, -0.2) is 31.6 Å². The molecular weight excluding hydrogens is 330 g/mol. The van der Waals surface area contributed by atoms with Gasteiger partial charge in [0.15, 0.2) is 5.69 Å². The van der Waals surface area contributed by atoms with E-state index >= 15 is 0 Å². The lowest BCUT2D eigenvalue weighted by Crippen LogP contribution is -2.28. The lowest BCUT2D eigenvalue weighted by molar-refractivity contribution is -0.00948. The fourth-order valence-electron chi connectivity index (χ4n) is 3.87. The molecule has 0 radical (unpaired) electrons. The minimum Gasteiger partial charge on any atom is -0.369 e. The maximum Gasteiger partial charge on any atom is 0.272 e. The van der Waals surface area contributed by atoms with Crippen molar-refractivity contribution in [2.24, 2.45) is 7.05 Å². The van der Waals surface area contributed by atoms with E-state index in [-0.39, 0.29) is 18.1 Å². The highest BCUT2D eigenvalue weighted by Gasteiger charge is 2.32. The van der Waals surface area contributed by atoms with Crippen molar-refractivity contribution in [3.05, 3.63) is 34.4 Å². The number of aromatic nitrogens is 4. The summed E-state index contributed by atoms with van der Waals surface area (Å²) < 4.78 is 9.69. The molecule has 2 aliphatic rings. The molecule has 1 fully saturated rings. The number of hydrogen-bond acceptors (Lipinski definition) is 4. The van der Waals surface area contributed by atoms with Gasteiger partial charge in [0, 0.05) is 31.5 Å². The van der Waals surface area contributed by atoms with Gasteiger partial charge in [0.1, 0.15) is 0 Å². The molecule has 2 aromatic rings. The van der Waals surface area contributed by atoms with Crippen LogP contribution in [0.3, 0.4) is 0 Å². The maximum absolute atomic E-state index is 12.8. The Morgan fingerprint density at radius 1 is 1.35 bits per heavy atom. The van der Waals surface area contributed by atoms with E-state index in [4.69, 9.17) is 4.74 Å². The predicted molar refractivity (Wildman–Crippen MR) is 96.9 cm³/mol. The summed E-state index contributed by atoms with van der Waals surface area (Å²) in [7, 11) is 1.93. The van der Waals surface area contributed by atoms with Crippen LogP contribution >= 0.6 is 0 Å². The van der Waals surface area contributed by atoms with Gasteiger partial charge in [0.2, 0.25) is 0 Å². The number of aryl methyl sites for hydroxylation is 2. The van der Waals surface area contributed by atoms with Crippen LogP contribution < -0.4 is 5.32 Å². The molecule has 2 aromatic heterocycles. The second-order valence-electron chi connectivity index (χ2n) is 7.46. The smallest absolute Gasteiger partial charge is 0.272 e. The van der Waals surface area contributed by atoms with Crippen molar-refractivity contribution < 1.29 is 9.53 Å². The topological polar surface area (TPSA) is 74.0 Å². The van der Waals surface area contributed by atoms with E-state index in [9.17, 15) is 4.79 Å². The molecule has 7 heteroatoms. The van der Waals surface area contributed by atoms with Crippen LogP contribution in [0.1, 0.15) is 78.8 Å². The summed E-state index contributed by atoms with van der Waals surface area (Å²) in [6, 6.07) is 2.11. The van der Waals surface area contributed by atoms with Gasteiger partial charge in [-0.05, 0) is 39.7 Å². The van der Waals surface area contributed by atoms with Crippen LogP contribution in [0, 0.1) is 0 Å². The van der Waals surface area contributed by atoms with Crippen molar-refractivity contribution in [1.29, 1.82) is 0 Å². The van der Waals surface area contributed by atoms with Crippen LogP contribution in [0.15, 0.2) is 6.07 Å². The second-order valence-corrected chi connectivity index (χ2v) is 7.46. The number of fused-ring (bicyclic) bond motifs is 1. The molecule has 26 heavy (non-hydrogen) atoms. The third-order valence-electron chi connectivity index (χ3n) is 5.34. The highest BCUT2D eigenvalue weighted by Crippen LogP contribution is 2.39. The molecule has 0 saturated heterocycles. The SMILES string of the molecule is CCn1nc(C(=O)NCc2cc(C3CC3)nn2C)c2c1[C@H](C)O[C@H](C)C2. The minimum absolute atomic E-state index is 0.0408. The zero-order valence-corrected chi connectivity index (χ0v) is 16.0. The molecule has 1 aliphatic carbocycles. The number of rotatable bonds is 5. The van der Waals surface area contributed by atoms with Crippen molar-refractivity contribution in [2.45, 2.75) is 71.2 Å². The molecule has 0 aromatic carbocycles. The van der Waals surface area contributed by atoms with Gasteiger partial charge < -0.3 is 10.1 Å². The molecule has 1 saturated carbocycles. The van der Waals surface area contributed by atoms with Crippen molar-refractivity contribution in [3.63, 3.8) is 0 Å². The Labute approximate surface area is 153 Å². The zero-order chi connectivity index (χ0) is 18.4. The average molecular weight is 357 g/mol. The first-order valence-corrected chi connectivity index (χ1v) is 9.54. The summed E-state index contributed by atoms with van der Waals surface area (Å²) in [5.41, 5.74) is 4.76. The van der Waals surface area contributed by atoms with E-state index in [1.165, 1.54) is 12.8 Å². The maximum atomic E-state index is 12.8. The molecule has 1 aliphatic heterocycles. The van der Waals surface area contributed by atoms with E-state index < -0.39 is 0 Å². The number of ether oxygens (including phenoxy) is 1. The largest absolute Gasteiger partial charge is 0.369 e. The lowest BCUT2D eigenvalue weighted by Gasteiger charge is -2.26. The first kappa shape index (κ1) is 17.3. The molecule has 0 bridgehead atoms. The van der Waals surface area contributed by atoms with Crippen LogP contribution in [-0.2, 0) is 31.3 Å². The number of carbonyl (C=O) groups excluding carboxylic acids is 1. The van der Waals surface area contributed by atoms with Gasteiger partial charge >= 0.3 is 0 Å². The molecule has 140 valence electrons. The molecule has 4 rings (SSSR count). The van der Waals surface area contributed by atoms with Crippen molar-refractivity contribution in [2.75, 3.05) is 0 Å². The molecule has 2 atom stereocenters. The average Bonchev–Trinajstić information content (AvgIpc) is 3.28. The summed E-state index contributed by atoms with van der Waals surface area (Å²) in [5, 5.41) is 12.2. The Morgan fingerprint density at radius 2 is 2.12 bits per heavy atom. The van der Waals surface area contributed by atoms with Gasteiger partial charge in [0.25, 0.3) is 5.91 Å². The van der Waals surface area contributed by atoms with E-state index in [0.717, 1.165) is 35.6 Å². The van der Waals surface area contributed by atoms with Gasteiger partial charge in [-0.1, -0.05) is 0 Å². The van der Waals surface area contributed by atoms with E-state index in [1.54, 1.807) is 0 Å². The Kier molecular flexibility index (Phi) is 4.34. The van der Waals surface area contributed by atoms with Crippen LogP contribution in [0.5, 0.6) is 0 Å². The molecule has 1 N–H and O–H groups in total. The number of nitrogens with zero attached hydrogens (tertiary/aromatic N) is 4. The second kappa shape index (κ2) is 6.54. The van der Waals surface area contributed by atoms with Crippen LogP contribution in [0.4, 0.5) is 0 Å². The van der Waals surface area contributed by atoms with E-state index in [0.29, 0.717) is 18.2 Å². The van der Waals surface area contributed by atoms with E-state index in [1.807, 2.05) is 37.2 Å². The highest BCUT2D eigenvalue weighted by atomic mass is 16.5. The molecule has 0 unspecified atom stereocenters. The van der Waals surface area contributed by atoms with Crippen molar-refractivity contribution >= 4 is 5.91 Å². The van der Waals surface area contributed by atoms with Gasteiger partial charge in [0.05, 0.1) is 35.8 Å². The third kappa shape index (κ3) is 3.05. The molecule has 3 heterocycles. The fraction of sp³-hybridized carbons (Fsp3) is 0.632. The predicted octanol–water partition coefficient (Wildman–Crippen LogP) is 2.47. The molecule has 1 amide bonds. The quantitative estimate of drug-likeness (QED) is 0.892. The minimum atomic E-state index is -0.121. The number of carbonyl (C=O) groups is 1. The lowest BCUT2D eigenvalue weighted by atomic mass is 9.99. The number of amides is 1. The zero-order valence-electron chi connectivity index (χ0n) is 16.0. The first-order chi connectivity index (χ1) is 12.5. The summed E-state index contributed by atoms with van der Waals surface area (Å²) in [4.78, 5) is 12.8. The highest BCUT2D eigenvalue weighted by molar-refractivity contribution is 5.94. The Balaban J connectivity index is 1.53. The Bertz CT molecular complexity index is 833. The summed E-state index contributed by atoms with van der Waals surface area (Å²) in [6.45, 7) is 7.29. The van der Waals surface area contributed by atoms with Gasteiger partial charge in [-0.15, -0.1) is 0 Å². The molecule has 0 spiro atoms. The number of hydrogen-bond donors (Lipinski definition) is 1. The standard InChI is InChI=1S/C19H27N5O2/c1-5-24-18-12(3)26-11(2)8-15(18)17(22-24)19(25)20-10-14-9-16(13-6-7-13)21-23(14)4/h9,11-13H,5-8,10H2,1-4H3,(H,20,25)/t11-,12+/m1/s1. The van der Waals surface area contributed by atoms with Crippen molar-refractivity contribution in [1.82, 2.24) is 24.9 Å². The van der Waals surface area contributed by atoms with Gasteiger partial charge in [-0.2, -0.15) is 10.2 Å². The Morgan fingerprint density at radius 3 is 2.81 bits per heavy atom. The van der Waals surface area contributed by atoms with Crippen LogP contribution in [0.2, 0.25) is 0 Å². The summed E-state index contributed by atoms with van der Waals surface area (Å²) >= 11 is 0. The molecule has 7 nitrogen and oxygen atoms in total. The van der Waals surface area contributed by atoms with Gasteiger partial charge in [-0.25, -0.2) is 0 Å². The molecular formula is C19H27N5O2. The third-order valence-corrected chi connectivity index (χ3v) is 5.34. The first-order valence-electron chi connectivity index (χ1n) is 9.54. The normalized spacial score (nSPS) is 22.3. The fourth-order valence-corrected chi connectivity index (χ4v) is 3.87. The summed E-state index contributed by atoms with van der Waals surface area (Å²) in [6.07, 6.45) is 3.22. The monoisotopic (exact) mass is 357 g/mol. The van der Waals surface area contributed by atoms with Gasteiger partial charge in [-0.3, -0.25) is 14.2 Å². The summed E-state index contributed by atoms with van der Waals surface area (Å²) in [5.74, 6) is 0.491. The number of nitrogens with one attached hydrogen (secondary N) is 1. The van der Waals surface area contributed by atoms with Crippen LogP contribution in [0.25, 0.3) is 0 Å². The van der Waals surface area contributed by atoms with Crippen molar-refractivity contribution in [3.8, 4) is 0 Å².